The van der Waals surface area contributed by atoms with Gasteiger partial charge in [0.25, 0.3) is 0 Å². The van der Waals surface area contributed by atoms with Gasteiger partial charge in [-0.25, -0.2) is 0 Å². The maximum atomic E-state index is 5.35. The Labute approximate surface area is 119 Å². The average molecular weight is 271 g/mol. The summed E-state index contributed by atoms with van der Waals surface area (Å²) in [4.78, 5) is 4.55. The number of rotatable bonds is 5. The number of hydrogen-bond donors (Lipinski definition) is 1. The number of nitrogens with zero attached hydrogens (tertiary/aromatic N) is 2. The molecule has 106 valence electrons. The topological polar surface area (TPSA) is 51.0 Å². The molecule has 0 bridgehead atoms. The van der Waals surface area contributed by atoms with Crippen LogP contribution in [0.5, 0.6) is 0 Å². The normalized spacial score (nSPS) is 16.2. The Bertz CT molecular complexity index is 518. The molecule has 0 radical (unpaired) electrons. The molecule has 2 aromatic rings. The maximum absolute atomic E-state index is 5.35. The first kappa shape index (κ1) is 13.2. The molecule has 4 heteroatoms. The third-order valence-electron chi connectivity index (χ3n) is 3.90. The van der Waals surface area contributed by atoms with Gasteiger partial charge in [-0.2, -0.15) is 4.98 Å². The fourth-order valence-corrected chi connectivity index (χ4v) is 2.77. The van der Waals surface area contributed by atoms with E-state index in [9.17, 15) is 0 Å². The molecule has 1 fully saturated rings. The van der Waals surface area contributed by atoms with Crippen LogP contribution >= 0.6 is 0 Å². The quantitative estimate of drug-likeness (QED) is 0.899. The van der Waals surface area contributed by atoms with Crippen molar-refractivity contribution in [1.29, 1.82) is 0 Å². The largest absolute Gasteiger partial charge is 0.385 e. The molecule has 0 spiro atoms. The van der Waals surface area contributed by atoms with Gasteiger partial charge < -0.3 is 9.84 Å². The summed E-state index contributed by atoms with van der Waals surface area (Å²) in [6.45, 7) is 0.816. The summed E-state index contributed by atoms with van der Waals surface area (Å²) >= 11 is 0. The van der Waals surface area contributed by atoms with Gasteiger partial charge in [0.2, 0.25) is 5.89 Å². The number of hydrogen-bond acceptors (Lipinski definition) is 4. The van der Waals surface area contributed by atoms with Crippen LogP contribution < -0.4 is 5.32 Å². The third-order valence-corrected chi connectivity index (χ3v) is 3.90. The van der Waals surface area contributed by atoms with E-state index in [1.165, 1.54) is 32.1 Å². The van der Waals surface area contributed by atoms with Crippen molar-refractivity contribution in [2.75, 3.05) is 11.9 Å². The molecule has 0 saturated heterocycles. The minimum atomic E-state index is 0.517. The lowest BCUT2D eigenvalue weighted by Crippen LogP contribution is -2.07. The van der Waals surface area contributed by atoms with Crippen LogP contribution in [-0.2, 0) is 6.42 Å². The molecule has 0 amide bonds. The van der Waals surface area contributed by atoms with Crippen LogP contribution in [0.25, 0.3) is 0 Å². The molecule has 1 heterocycles. The Hall–Kier alpha value is -1.84. The molecule has 1 aliphatic carbocycles. The van der Waals surface area contributed by atoms with Crippen molar-refractivity contribution in [3.8, 4) is 0 Å². The van der Waals surface area contributed by atoms with Crippen molar-refractivity contribution in [2.24, 2.45) is 0 Å². The van der Waals surface area contributed by atoms with Crippen LogP contribution in [0.15, 0.2) is 34.9 Å². The van der Waals surface area contributed by atoms with Crippen molar-refractivity contribution in [2.45, 2.75) is 44.4 Å². The molecule has 20 heavy (non-hydrogen) atoms. The summed E-state index contributed by atoms with van der Waals surface area (Å²) in [6, 6.07) is 10.2. The Balaban J connectivity index is 1.50. The number of aromatic nitrogens is 2. The molecule has 4 nitrogen and oxygen atoms in total. The number of para-hydroxylation sites is 1. The summed E-state index contributed by atoms with van der Waals surface area (Å²) in [5.74, 6) is 2.18. The lowest BCUT2D eigenvalue weighted by molar-refractivity contribution is 0.359. The molecule has 0 unspecified atom stereocenters. The predicted molar refractivity (Wildman–Crippen MR) is 78.8 cm³/mol. The molecular formula is C16H21N3O. The monoisotopic (exact) mass is 271 g/mol. The van der Waals surface area contributed by atoms with E-state index >= 15 is 0 Å². The molecule has 1 aromatic heterocycles. The van der Waals surface area contributed by atoms with Crippen molar-refractivity contribution in [3.63, 3.8) is 0 Å². The Morgan fingerprint density at radius 1 is 1.10 bits per heavy atom. The van der Waals surface area contributed by atoms with E-state index in [0.29, 0.717) is 5.92 Å². The van der Waals surface area contributed by atoms with Gasteiger partial charge >= 0.3 is 0 Å². The van der Waals surface area contributed by atoms with E-state index < -0.39 is 0 Å². The van der Waals surface area contributed by atoms with E-state index in [4.69, 9.17) is 4.52 Å². The maximum Gasteiger partial charge on any atom is 0.228 e. The Morgan fingerprint density at radius 2 is 1.90 bits per heavy atom. The summed E-state index contributed by atoms with van der Waals surface area (Å²) in [6.07, 6.45) is 7.13. The van der Waals surface area contributed by atoms with E-state index in [-0.39, 0.29) is 0 Å². The van der Waals surface area contributed by atoms with Crippen LogP contribution in [0.4, 0.5) is 5.69 Å². The van der Waals surface area contributed by atoms with E-state index in [2.05, 4.69) is 27.6 Å². The second-order valence-electron chi connectivity index (χ2n) is 5.42. The zero-order chi connectivity index (χ0) is 13.6. The predicted octanol–water partition coefficient (Wildman–Crippen LogP) is 3.77. The van der Waals surface area contributed by atoms with Crippen LogP contribution in [0.2, 0.25) is 0 Å². The van der Waals surface area contributed by atoms with Crippen molar-refractivity contribution < 1.29 is 4.52 Å². The number of benzene rings is 1. The molecule has 1 aromatic carbocycles. The van der Waals surface area contributed by atoms with Crippen molar-refractivity contribution in [3.05, 3.63) is 42.0 Å². The fraction of sp³-hybridized carbons (Fsp3) is 0.500. The van der Waals surface area contributed by atoms with Gasteiger partial charge in [-0.15, -0.1) is 0 Å². The highest BCUT2D eigenvalue weighted by atomic mass is 16.5. The fourth-order valence-electron chi connectivity index (χ4n) is 2.77. The first-order valence-electron chi connectivity index (χ1n) is 7.53. The summed E-state index contributed by atoms with van der Waals surface area (Å²) in [7, 11) is 0. The smallest absolute Gasteiger partial charge is 0.228 e. The lowest BCUT2D eigenvalue weighted by Gasteiger charge is -2.17. The van der Waals surface area contributed by atoms with E-state index in [1.807, 2.05) is 18.2 Å². The highest BCUT2D eigenvalue weighted by Gasteiger charge is 2.20. The minimum absolute atomic E-state index is 0.517. The first-order valence-corrected chi connectivity index (χ1v) is 7.53. The second-order valence-corrected chi connectivity index (χ2v) is 5.42. The van der Waals surface area contributed by atoms with Crippen LogP contribution in [0.3, 0.4) is 0 Å². The molecule has 0 atom stereocenters. The van der Waals surface area contributed by atoms with Gasteiger partial charge in [0.05, 0.1) is 0 Å². The SMILES string of the molecule is c1ccc(NCCc2nc(C3CCCCC3)no2)cc1. The van der Waals surface area contributed by atoms with Crippen LogP contribution in [0, 0.1) is 0 Å². The standard InChI is InChI=1S/C16H21N3O/c1-3-7-13(8-4-1)16-18-15(20-19-16)11-12-17-14-9-5-2-6-10-14/h2,5-6,9-10,13,17H,1,3-4,7-8,11-12H2. The molecule has 0 aliphatic heterocycles. The summed E-state index contributed by atoms with van der Waals surface area (Å²) in [5, 5.41) is 7.51. The van der Waals surface area contributed by atoms with Crippen LogP contribution in [-0.4, -0.2) is 16.7 Å². The number of nitrogens with one attached hydrogen (secondary N) is 1. The highest BCUT2D eigenvalue weighted by molar-refractivity contribution is 5.42. The molecule has 1 aliphatic rings. The van der Waals surface area contributed by atoms with Crippen molar-refractivity contribution in [1.82, 2.24) is 10.1 Å². The van der Waals surface area contributed by atoms with Gasteiger partial charge in [-0.1, -0.05) is 42.6 Å². The zero-order valence-electron chi connectivity index (χ0n) is 11.7. The molecule has 1 saturated carbocycles. The Kier molecular flexibility index (Phi) is 4.31. The van der Waals surface area contributed by atoms with E-state index in [0.717, 1.165) is 30.4 Å². The summed E-state index contributed by atoms with van der Waals surface area (Å²) < 4.78 is 5.35. The minimum Gasteiger partial charge on any atom is -0.385 e. The van der Waals surface area contributed by atoms with Gasteiger partial charge in [-0.05, 0) is 25.0 Å². The van der Waals surface area contributed by atoms with Gasteiger partial charge in [0.1, 0.15) is 0 Å². The third kappa shape index (κ3) is 3.38. The Morgan fingerprint density at radius 3 is 2.70 bits per heavy atom. The lowest BCUT2D eigenvalue weighted by atomic mass is 9.89. The number of anilines is 1. The average Bonchev–Trinajstić information content (AvgIpc) is 2.98. The van der Waals surface area contributed by atoms with Gasteiger partial charge in [0.15, 0.2) is 5.82 Å². The van der Waals surface area contributed by atoms with E-state index in [1.54, 1.807) is 0 Å². The zero-order valence-corrected chi connectivity index (χ0v) is 11.7. The van der Waals surface area contributed by atoms with Crippen LogP contribution in [0.1, 0.15) is 49.7 Å². The van der Waals surface area contributed by atoms with Gasteiger partial charge in [-0.3, -0.25) is 0 Å². The highest BCUT2D eigenvalue weighted by Crippen LogP contribution is 2.30. The first-order chi connectivity index (χ1) is 9.92. The molecule has 1 N–H and O–H groups in total. The van der Waals surface area contributed by atoms with Crippen molar-refractivity contribution >= 4 is 5.69 Å². The second kappa shape index (κ2) is 6.55. The molecule has 3 rings (SSSR count). The summed E-state index contributed by atoms with van der Waals surface area (Å²) in [5.41, 5.74) is 1.12. The van der Waals surface area contributed by atoms with Gasteiger partial charge in [0, 0.05) is 24.6 Å². The molecular weight excluding hydrogens is 250 g/mol.